The van der Waals surface area contributed by atoms with Crippen molar-refractivity contribution >= 4 is 23.7 Å². The molecule has 1 aromatic carbocycles. The number of thioether (sulfide) groups is 1. The van der Waals surface area contributed by atoms with Gasteiger partial charge in [0.1, 0.15) is 0 Å². The number of carbonyl (C=O) groups excluding carboxylic acids is 2. The highest BCUT2D eigenvalue weighted by Gasteiger charge is 2.47. The molecule has 2 heterocycles. The van der Waals surface area contributed by atoms with Gasteiger partial charge in [0.05, 0.1) is 4.87 Å². The molecule has 3 rings (SSSR count). The number of rotatable bonds is 1. The van der Waals surface area contributed by atoms with Gasteiger partial charge in [0, 0.05) is 36.5 Å². The van der Waals surface area contributed by atoms with Crippen molar-refractivity contribution in [3.8, 4) is 0 Å². The van der Waals surface area contributed by atoms with Gasteiger partial charge in [-0.05, 0) is 52.7 Å². The lowest BCUT2D eigenvalue weighted by atomic mass is 10.0. The summed E-state index contributed by atoms with van der Waals surface area (Å²) in [6.45, 7) is 10.2. The number of nitrogens with one attached hydrogen (secondary N) is 1. The largest absolute Gasteiger partial charge is 0.333 e. The first-order valence-corrected chi connectivity index (χ1v) is 10.3. The second-order valence-corrected chi connectivity index (χ2v) is 9.74. The number of likely N-dealkylation sites (tertiary alicyclic amines) is 1. The Morgan fingerprint density at radius 3 is 2.27 bits per heavy atom. The van der Waals surface area contributed by atoms with Crippen molar-refractivity contribution in [1.29, 1.82) is 0 Å². The molecule has 26 heavy (non-hydrogen) atoms. The normalized spacial score (nSPS) is 19.7. The summed E-state index contributed by atoms with van der Waals surface area (Å²) in [4.78, 5) is 29.2. The number of nitrogens with zero attached hydrogens (tertiary/aromatic N) is 2. The smallest absolute Gasteiger partial charge is 0.317 e. The Labute approximate surface area is 160 Å². The van der Waals surface area contributed by atoms with Gasteiger partial charge >= 0.3 is 6.03 Å². The molecule has 0 radical (unpaired) electrons. The Balaban J connectivity index is 1.68. The van der Waals surface area contributed by atoms with E-state index < -0.39 is 0 Å². The predicted molar refractivity (Wildman–Crippen MR) is 106 cm³/mol. The van der Waals surface area contributed by atoms with E-state index >= 15 is 0 Å². The maximum absolute atomic E-state index is 13.1. The lowest BCUT2D eigenvalue weighted by molar-refractivity contribution is 0.0579. The second kappa shape index (κ2) is 7.14. The fraction of sp³-hybridized carbons (Fsp3) is 0.600. The number of aryl methyl sites for hydroxylation is 1. The summed E-state index contributed by atoms with van der Waals surface area (Å²) in [6, 6.07) is 7.80. The summed E-state index contributed by atoms with van der Waals surface area (Å²) in [7, 11) is 0. The molecule has 3 amide bonds. The van der Waals surface area contributed by atoms with E-state index in [-0.39, 0.29) is 22.3 Å². The Bertz CT molecular complexity index is 673. The molecule has 5 nitrogen and oxygen atoms in total. The van der Waals surface area contributed by atoms with Crippen LogP contribution in [0.25, 0.3) is 0 Å². The molecule has 2 saturated heterocycles. The van der Waals surface area contributed by atoms with Crippen LogP contribution in [0.4, 0.5) is 4.79 Å². The van der Waals surface area contributed by atoms with E-state index in [1.54, 1.807) is 0 Å². The van der Waals surface area contributed by atoms with Gasteiger partial charge in [-0.25, -0.2) is 4.79 Å². The third-order valence-corrected chi connectivity index (χ3v) is 6.59. The van der Waals surface area contributed by atoms with E-state index in [0.29, 0.717) is 13.1 Å². The van der Waals surface area contributed by atoms with Crippen LogP contribution >= 0.6 is 11.8 Å². The third-order valence-electron chi connectivity index (χ3n) is 5.04. The molecular formula is C20H29N3O2S. The first kappa shape index (κ1) is 19.1. The average Bonchev–Trinajstić information content (AvgIpc) is 2.97. The van der Waals surface area contributed by atoms with Crippen LogP contribution in [0.1, 0.15) is 49.5 Å². The summed E-state index contributed by atoms with van der Waals surface area (Å²) in [5, 5.41) is 3.03. The molecule has 0 bridgehead atoms. The average molecular weight is 376 g/mol. The maximum Gasteiger partial charge on any atom is 0.317 e. The molecule has 0 unspecified atom stereocenters. The van der Waals surface area contributed by atoms with Crippen molar-refractivity contribution in [2.45, 2.75) is 50.9 Å². The minimum absolute atomic E-state index is 0.00763. The highest BCUT2D eigenvalue weighted by atomic mass is 32.2. The Kier molecular flexibility index (Phi) is 5.24. The van der Waals surface area contributed by atoms with E-state index in [0.717, 1.165) is 36.3 Å². The zero-order chi connectivity index (χ0) is 18.9. The van der Waals surface area contributed by atoms with E-state index in [1.807, 2.05) is 73.5 Å². The topological polar surface area (TPSA) is 52.7 Å². The molecule has 1 spiro atoms. The first-order valence-electron chi connectivity index (χ1n) is 9.30. The fourth-order valence-corrected chi connectivity index (χ4v) is 5.08. The van der Waals surface area contributed by atoms with Gasteiger partial charge in [-0.15, -0.1) is 11.8 Å². The summed E-state index contributed by atoms with van der Waals surface area (Å²) in [5.41, 5.74) is 1.68. The lowest BCUT2D eigenvalue weighted by Crippen LogP contribution is -2.56. The van der Waals surface area contributed by atoms with Crippen LogP contribution in [0, 0.1) is 6.92 Å². The van der Waals surface area contributed by atoms with Crippen LogP contribution in [0.2, 0.25) is 0 Å². The molecule has 1 aromatic rings. The SMILES string of the molecule is Cc1ccc(C(=O)N2CCSC23CCN(C(=O)NC(C)(C)C)CC3)cc1. The molecule has 6 heteroatoms. The van der Waals surface area contributed by atoms with Gasteiger partial charge < -0.3 is 15.1 Å². The summed E-state index contributed by atoms with van der Waals surface area (Å²) in [5.74, 6) is 1.08. The number of hydrogen-bond donors (Lipinski definition) is 1. The van der Waals surface area contributed by atoms with Gasteiger partial charge in [0.15, 0.2) is 0 Å². The molecular weight excluding hydrogens is 346 g/mol. The molecule has 0 saturated carbocycles. The van der Waals surface area contributed by atoms with E-state index in [9.17, 15) is 9.59 Å². The minimum Gasteiger partial charge on any atom is -0.333 e. The van der Waals surface area contributed by atoms with Crippen LogP contribution in [0.3, 0.4) is 0 Å². The lowest BCUT2D eigenvalue weighted by Gasteiger charge is -2.44. The first-order chi connectivity index (χ1) is 12.2. The maximum atomic E-state index is 13.1. The van der Waals surface area contributed by atoms with Gasteiger partial charge in [-0.1, -0.05) is 17.7 Å². The van der Waals surface area contributed by atoms with Gasteiger partial charge in [0.25, 0.3) is 5.91 Å². The summed E-state index contributed by atoms with van der Waals surface area (Å²) in [6.07, 6.45) is 1.65. The molecule has 2 aliphatic rings. The zero-order valence-corrected chi connectivity index (χ0v) is 17.0. The van der Waals surface area contributed by atoms with Crippen LogP contribution in [0.5, 0.6) is 0 Å². The van der Waals surface area contributed by atoms with Gasteiger partial charge in [-0.3, -0.25) is 4.79 Å². The van der Waals surface area contributed by atoms with Crippen molar-refractivity contribution in [1.82, 2.24) is 15.1 Å². The summed E-state index contributed by atoms with van der Waals surface area (Å²) < 4.78 is 0. The van der Waals surface area contributed by atoms with Gasteiger partial charge in [-0.2, -0.15) is 0 Å². The highest BCUT2D eigenvalue weighted by Crippen LogP contribution is 2.44. The number of benzene rings is 1. The Morgan fingerprint density at radius 1 is 1.08 bits per heavy atom. The quantitative estimate of drug-likeness (QED) is 0.817. The molecule has 0 aliphatic carbocycles. The molecule has 1 N–H and O–H groups in total. The highest BCUT2D eigenvalue weighted by molar-refractivity contribution is 8.00. The van der Waals surface area contributed by atoms with E-state index in [4.69, 9.17) is 0 Å². The second-order valence-electron chi connectivity index (χ2n) is 8.28. The summed E-state index contributed by atoms with van der Waals surface area (Å²) >= 11 is 1.87. The monoisotopic (exact) mass is 375 g/mol. The molecule has 142 valence electrons. The van der Waals surface area contributed by atoms with Crippen LogP contribution in [0.15, 0.2) is 24.3 Å². The number of carbonyl (C=O) groups is 2. The van der Waals surface area contributed by atoms with Crippen LogP contribution in [-0.4, -0.2) is 57.5 Å². The molecule has 0 atom stereocenters. The Morgan fingerprint density at radius 2 is 1.69 bits per heavy atom. The zero-order valence-electron chi connectivity index (χ0n) is 16.2. The number of amides is 3. The minimum atomic E-state index is -0.234. The van der Waals surface area contributed by atoms with Crippen molar-refractivity contribution in [3.05, 3.63) is 35.4 Å². The van der Waals surface area contributed by atoms with E-state index in [2.05, 4.69) is 5.32 Å². The number of urea groups is 1. The van der Waals surface area contributed by atoms with Crippen molar-refractivity contribution < 1.29 is 9.59 Å². The van der Waals surface area contributed by atoms with Gasteiger partial charge in [0.2, 0.25) is 0 Å². The Hall–Kier alpha value is -1.69. The van der Waals surface area contributed by atoms with E-state index in [1.165, 1.54) is 0 Å². The van der Waals surface area contributed by atoms with Crippen LogP contribution < -0.4 is 5.32 Å². The van der Waals surface area contributed by atoms with Crippen molar-refractivity contribution in [2.75, 3.05) is 25.4 Å². The molecule has 2 fully saturated rings. The van der Waals surface area contributed by atoms with Crippen molar-refractivity contribution in [2.24, 2.45) is 0 Å². The molecule has 0 aromatic heterocycles. The fourth-order valence-electron chi connectivity index (χ4n) is 3.62. The number of piperidine rings is 1. The predicted octanol–water partition coefficient (Wildman–Crippen LogP) is 3.48. The standard InChI is InChI=1S/C20H29N3O2S/c1-15-5-7-16(8-6-15)17(24)23-13-14-26-20(23)9-11-22(12-10-20)18(25)21-19(2,3)4/h5-8H,9-14H2,1-4H3,(H,21,25). The molecule has 2 aliphatic heterocycles. The van der Waals surface area contributed by atoms with Crippen molar-refractivity contribution in [3.63, 3.8) is 0 Å². The number of hydrogen-bond acceptors (Lipinski definition) is 3. The van der Waals surface area contributed by atoms with Crippen LogP contribution in [-0.2, 0) is 0 Å². The third kappa shape index (κ3) is 4.00.